The number of nitro groups is 2. The Hall–Kier alpha value is -1.28. The Morgan fingerprint density at radius 1 is 1.04 bits per heavy atom. The molecule has 1 aromatic heterocycles. The van der Waals surface area contributed by atoms with Crippen molar-refractivity contribution in [1.29, 1.82) is 0 Å². The molecule has 6 radical (unpaired) electrons. The van der Waals surface area contributed by atoms with Gasteiger partial charge in [0.2, 0.25) is 0 Å². The third kappa shape index (κ3) is 4.63. The molecule has 1 heterocycles. The van der Waals surface area contributed by atoms with Gasteiger partial charge in [0.1, 0.15) is 0 Å². The molecular formula is C12H9N5O4SSn2. The Bertz CT molecular complexity index is 776. The maximum absolute atomic E-state index is 10.9. The molecular weight excluding hydrogens is 548 g/mol. The zero-order valence-corrected chi connectivity index (χ0v) is 18.6. The van der Waals surface area contributed by atoms with Gasteiger partial charge in [-0.05, 0) is 0 Å². The summed E-state index contributed by atoms with van der Waals surface area (Å²) in [6.07, 6.45) is 0. The number of thiophene rings is 1. The van der Waals surface area contributed by atoms with Crippen LogP contribution in [0.15, 0.2) is 40.6 Å². The van der Waals surface area contributed by atoms with Crippen molar-refractivity contribution in [2.24, 2.45) is 10.2 Å². The quantitative estimate of drug-likeness (QED) is 0.225. The molecule has 2 rings (SSSR count). The predicted octanol–water partition coefficient (Wildman–Crippen LogP) is 3.04. The molecule has 0 fully saturated rings. The van der Waals surface area contributed by atoms with E-state index in [1.165, 1.54) is 45.0 Å². The van der Waals surface area contributed by atoms with Crippen molar-refractivity contribution in [3.63, 3.8) is 0 Å². The summed E-state index contributed by atoms with van der Waals surface area (Å²) in [7, 11) is 0. The second-order valence-electron chi connectivity index (χ2n) is 4.36. The number of azo groups is 1. The summed E-state index contributed by atoms with van der Waals surface area (Å²) in [5, 5.41) is 29.0. The van der Waals surface area contributed by atoms with E-state index in [9.17, 15) is 20.2 Å². The van der Waals surface area contributed by atoms with Gasteiger partial charge < -0.3 is 0 Å². The van der Waals surface area contributed by atoms with Crippen molar-refractivity contribution in [2.75, 3.05) is 14.0 Å². The minimum absolute atomic E-state index is 0.0905. The van der Waals surface area contributed by atoms with Gasteiger partial charge in [-0.15, -0.1) is 0 Å². The number of benzene rings is 1. The third-order valence-corrected chi connectivity index (χ3v) is 6.05. The van der Waals surface area contributed by atoms with Gasteiger partial charge in [0.25, 0.3) is 0 Å². The van der Waals surface area contributed by atoms with Crippen molar-refractivity contribution in [3.05, 3.63) is 50.6 Å². The fraction of sp³-hybridized carbons (Fsp3) is 0.167. The van der Waals surface area contributed by atoms with Crippen LogP contribution in [0.2, 0.25) is 0 Å². The number of hydrogen-bond donors (Lipinski definition) is 0. The van der Waals surface area contributed by atoms with Crippen LogP contribution in [0, 0.1) is 20.2 Å². The van der Waals surface area contributed by atoms with Gasteiger partial charge in [0.05, 0.1) is 0 Å². The van der Waals surface area contributed by atoms with Crippen LogP contribution in [0.3, 0.4) is 0 Å². The van der Waals surface area contributed by atoms with Crippen molar-refractivity contribution in [2.45, 2.75) is 0 Å². The monoisotopic (exact) mass is 559 g/mol. The normalized spacial score (nSPS) is 10.9. The summed E-state index contributed by atoms with van der Waals surface area (Å²) in [5.41, 5.74) is 1.19. The molecule has 0 amide bonds. The van der Waals surface area contributed by atoms with E-state index in [0.717, 1.165) is 20.9 Å². The third-order valence-electron chi connectivity index (χ3n) is 2.91. The van der Waals surface area contributed by atoms with Gasteiger partial charge in [0.15, 0.2) is 0 Å². The van der Waals surface area contributed by atoms with Crippen molar-refractivity contribution in [3.8, 4) is 0 Å². The molecule has 0 aliphatic heterocycles. The molecule has 0 bridgehead atoms. The summed E-state index contributed by atoms with van der Waals surface area (Å²) < 4.78 is 1.98. The Labute approximate surface area is 167 Å². The van der Waals surface area contributed by atoms with E-state index < -0.39 is 15.5 Å². The first kappa shape index (κ1) is 19.0. The number of anilines is 1. The SMILES string of the molecule is O=[N+]([O-])c1cc([N+](=O)[O-])c(N=Nc2ccc(N([CH2][Sn])[CH2][Sn])cc2)s1. The van der Waals surface area contributed by atoms with Crippen LogP contribution in [-0.2, 0) is 0 Å². The molecule has 0 saturated carbocycles. The fourth-order valence-corrected chi connectivity index (χ4v) is 5.99. The van der Waals surface area contributed by atoms with Crippen LogP contribution in [0.1, 0.15) is 0 Å². The maximum atomic E-state index is 10.9. The number of hydrogen-bond acceptors (Lipinski definition) is 8. The molecule has 0 aliphatic rings. The molecule has 2 aromatic rings. The molecule has 1 aromatic carbocycles. The number of rotatable bonds is 7. The zero-order valence-electron chi connectivity index (χ0n) is 12.1. The fourth-order valence-electron chi connectivity index (χ4n) is 1.72. The van der Waals surface area contributed by atoms with Crippen LogP contribution >= 0.6 is 11.3 Å². The molecule has 12 heteroatoms. The Morgan fingerprint density at radius 2 is 1.67 bits per heavy atom. The minimum atomic E-state index is -0.702. The van der Waals surface area contributed by atoms with E-state index in [-0.39, 0.29) is 10.0 Å². The standard InChI is InChI=1S/C12H9N5O4S.2Sn/c1-15(2)9-5-3-8(4-6-9)13-14-12-10(16(18)19)7-11(22-12)17(20)21;;/h3-7H,1-2H2;;. The second kappa shape index (κ2) is 8.71. The molecule has 0 aliphatic carbocycles. The van der Waals surface area contributed by atoms with E-state index >= 15 is 0 Å². The summed E-state index contributed by atoms with van der Waals surface area (Å²) in [4.78, 5) is 22.5. The van der Waals surface area contributed by atoms with Gasteiger partial charge in [-0.25, -0.2) is 0 Å². The van der Waals surface area contributed by atoms with E-state index in [4.69, 9.17) is 0 Å². The van der Waals surface area contributed by atoms with Gasteiger partial charge >= 0.3 is 158 Å². The van der Waals surface area contributed by atoms with E-state index in [1.54, 1.807) is 12.1 Å². The van der Waals surface area contributed by atoms with Crippen LogP contribution < -0.4 is 4.90 Å². The molecule has 0 spiro atoms. The number of nitrogens with zero attached hydrogens (tertiary/aromatic N) is 5. The van der Waals surface area contributed by atoms with E-state index in [0.29, 0.717) is 17.0 Å². The van der Waals surface area contributed by atoms with Gasteiger partial charge in [-0.1, -0.05) is 0 Å². The van der Waals surface area contributed by atoms with Crippen LogP contribution in [0.25, 0.3) is 0 Å². The topological polar surface area (TPSA) is 114 Å². The predicted molar refractivity (Wildman–Crippen MR) is 92.0 cm³/mol. The summed E-state index contributed by atoms with van der Waals surface area (Å²) in [6.45, 7) is 0. The molecule has 0 unspecified atom stereocenters. The zero-order chi connectivity index (χ0) is 17.7. The molecule has 24 heavy (non-hydrogen) atoms. The average Bonchev–Trinajstić information content (AvgIpc) is 3.00. The van der Waals surface area contributed by atoms with Gasteiger partial charge in [-0.3, -0.25) is 10.1 Å². The van der Waals surface area contributed by atoms with Crippen LogP contribution in [0.4, 0.5) is 27.1 Å². The average molecular weight is 557 g/mol. The van der Waals surface area contributed by atoms with Crippen molar-refractivity contribution >= 4 is 83.5 Å². The molecule has 120 valence electrons. The second-order valence-corrected chi connectivity index (χ2v) is 7.18. The molecule has 0 atom stereocenters. The first-order valence-electron chi connectivity index (χ1n) is 6.44. The molecule has 0 saturated heterocycles. The summed E-state index contributed by atoms with van der Waals surface area (Å²) in [6, 6.07) is 8.24. The molecule has 9 nitrogen and oxygen atoms in total. The first-order valence-corrected chi connectivity index (χ1v) is 11.3. The van der Waals surface area contributed by atoms with Crippen LogP contribution in [-0.4, -0.2) is 64.0 Å². The molecule has 0 N–H and O–H groups in total. The first-order chi connectivity index (χ1) is 11.5. The van der Waals surface area contributed by atoms with Crippen molar-refractivity contribution in [1.82, 2.24) is 0 Å². The Balaban J connectivity index is 2.24. The van der Waals surface area contributed by atoms with Gasteiger partial charge in [0, 0.05) is 0 Å². The summed E-state index contributed by atoms with van der Waals surface area (Å²) in [5.74, 6) is 0. The van der Waals surface area contributed by atoms with Crippen LogP contribution in [0.5, 0.6) is 0 Å². The van der Waals surface area contributed by atoms with E-state index in [2.05, 4.69) is 15.1 Å². The summed E-state index contributed by atoms with van der Waals surface area (Å²) >= 11 is 3.48. The van der Waals surface area contributed by atoms with Crippen molar-refractivity contribution < 1.29 is 9.85 Å². The Morgan fingerprint density at radius 3 is 2.17 bits per heavy atom. The van der Waals surface area contributed by atoms with E-state index in [1.807, 2.05) is 12.1 Å². The van der Waals surface area contributed by atoms with Gasteiger partial charge in [-0.2, -0.15) is 0 Å². The Kier molecular flexibility index (Phi) is 6.91.